The highest BCUT2D eigenvalue weighted by molar-refractivity contribution is 4.97. The van der Waals surface area contributed by atoms with Gasteiger partial charge in [-0.1, -0.05) is 83.3 Å². The Kier molecular flexibility index (Phi) is 21.7. The quantitative estimate of drug-likeness (QED) is 0.0353. The molecule has 3 saturated heterocycles. The van der Waals surface area contributed by atoms with E-state index in [2.05, 4.69) is 6.92 Å². The standard InChI is InChI=1S/C36H67NO17/c1-2-3-4-5-6-7-8-9-10-11-12-13-14-15-21(41)20(37)19-49-34-30(47)27(44)32(23(17-39)51-34)54-36-31(48)28(45)33(24(18-40)52-36)53-35-29(46)26(43)25(42)22(16-38)50-35/h14-15,20-36,38-48H,2-13,16-19,37H2,1H3/b15-14+/t20-,21+,22-,23+,24-,25+,26-,27+,28-,29+,30+,31+,32+,33-,34+,35+,36+/m1/s1. The molecule has 0 aromatic carbocycles. The molecule has 13 N–H and O–H groups in total. The van der Waals surface area contributed by atoms with Crippen LogP contribution < -0.4 is 5.73 Å². The summed E-state index contributed by atoms with van der Waals surface area (Å²) in [5, 5.41) is 114. The average molecular weight is 786 g/mol. The van der Waals surface area contributed by atoms with E-state index in [9.17, 15) is 56.2 Å². The minimum absolute atomic E-state index is 0.285. The maximum atomic E-state index is 10.9. The van der Waals surface area contributed by atoms with E-state index in [4.69, 9.17) is 34.2 Å². The van der Waals surface area contributed by atoms with Gasteiger partial charge in [0.15, 0.2) is 18.9 Å². The summed E-state index contributed by atoms with van der Waals surface area (Å²) < 4.78 is 33.3. The number of hydrogen-bond acceptors (Lipinski definition) is 18. The molecule has 318 valence electrons. The second-order valence-electron chi connectivity index (χ2n) is 14.6. The summed E-state index contributed by atoms with van der Waals surface area (Å²) in [6, 6.07) is -0.908. The molecule has 0 unspecified atom stereocenters. The third-order valence-electron chi connectivity index (χ3n) is 10.3. The van der Waals surface area contributed by atoms with Crippen LogP contribution in [0.1, 0.15) is 84.0 Å². The molecular weight excluding hydrogens is 718 g/mol. The lowest BCUT2D eigenvalue weighted by Gasteiger charge is -2.48. The van der Waals surface area contributed by atoms with Gasteiger partial charge in [-0.3, -0.25) is 0 Å². The highest BCUT2D eigenvalue weighted by atomic mass is 16.8. The van der Waals surface area contributed by atoms with Crippen LogP contribution in [0.15, 0.2) is 12.2 Å². The number of nitrogens with two attached hydrogens (primary N) is 1. The van der Waals surface area contributed by atoms with E-state index in [1.165, 1.54) is 57.8 Å². The van der Waals surface area contributed by atoms with E-state index in [0.717, 1.165) is 19.3 Å². The van der Waals surface area contributed by atoms with Gasteiger partial charge in [-0.15, -0.1) is 0 Å². The molecule has 3 aliphatic rings. The third-order valence-corrected chi connectivity index (χ3v) is 10.3. The van der Waals surface area contributed by atoms with Gasteiger partial charge in [0.2, 0.25) is 0 Å². The van der Waals surface area contributed by atoms with E-state index < -0.39 is 124 Å². The van der Waals surface area contributed by atoms with Crippen molar-refractivity contribution in [2.75, 3.05) is 26.4 Å². The van der Waals surface area contributed by atoms with Crippen LogP contribution in [0.2, 0.25) is 0 Å². The van der Waals surface area contributed by atoms with Gasteiger partial charge >= 0.3 is 0 Å². The molecule has 0 aromatic heterocycles. The first kappa shape index (κ1) is 47.4. The van der Waals surface area contributed by atoms with Crippen molar-refractivity contribution in [1.29, 1.82) is 0 Å². The second-order valence-corrected chi connectivity index (χ2v) is 14.6. The zero-order chi connectivity index (χ0) is 39.8. The van der Waals surface area contributed by atoms with Gasteiger partial charge in [0.05, 0.1) is 38.6 Å². The summed E-state index contributed by atoms with van der Waals surface area (Å²) in [6.07, 6.45) is -8.26. The molecule has 3 fully saturated rings. The van der Waals surface area contributed by atoms with Crippen molar-refractivity contribution in [3.05, 3.63) is 12.2 Å². The molecule has 18 nitrogen and oxygen atoms in total. The van der Waals surface area contributed by atoms with Crippen molar-refractivity contribution >= 4 is 0 Å². The second kappa shape index (κ2) is 24.7. The van der Waals surface area contributed by atoms with Crippen molar-refractivity contribution in [3.8, 4) is 0 Å². The first-order valence-electron chi connectivity index (χ1n) is 19.5. The molecular formula is C36H67NO17. The zero-order valence-corrected chi connectivity index (χ0v) is 31.2. The fourth-order valence-electron chi connectivity index (χ4n) is 6.79. The van der Waals surface area contributed by atoms with Crippen LogP contribution in [0.5, 0.6) is 0 Å². The number of aliphatic hydroxyl groups excluding tert-OH is 11. The molecule has 0 aromatic rings. The van der Waals surface area contributed by atoms with Gasteiger partial charge in [0, 0.05) is 0 Å². The molecule has 0 bridgehead atoms. The monoisotopic (exact) mass is 785 g/mol. The van der Waals surface area contributed by atoms with E-state index >= 15 is 0 Å². The van der Waals surface area contributed by atoms with Crippen LogP contribution in [0.4, 0.5) is 0 Å². The van der Waals surface area contributed by atoms with Crippen LogP contribution in [0.25, 0.3) is 0 Å². The molecule has 17 atom stereocenters. The van der Waals surface area contributed by atoms with Crippen LogP contribution in [0, 0.1) is 0 Å². The zero-order valence-electron chi connectivity index (χ0n) is 31.2. The predicted octanol–water partition coefficient (Wildman–Crippen LogP) is -2.60. The van der Waals surface area contributed by atoms with Crippen molar-refractivity contribution in [2.45, 2.75) is 188 Å². The fraction of sp³-hybridized carbons (Fsp3) is 0.944. The maximum Gasteiger partial charge on any atom is 0.187 e. The molecule has 0 amide bonds. The molecule has 18 heteroatoms. The summed E-state index contributed by atoms with van der Waals surface area (Å²) in [6.45, 7) is -0.413. The number of ether oxygens (including phenoxy) is 6. The number of aliphatic hydroxyl groups is 11. The maximum absolute atomic E-state index is 10.9. The smallest absolute Gasteiger partial charge is 0.187 e. The largest absolute Gasteiger partial charge is 0.394 e. The summed E-state index contributed by atoms with van der Waals surface area (Å²) >= 11 is 0. The van der Waals surface area contributed by atoms with Crippen molar-refractivity contribution in [2.24, 2.45) is 5.73 Å². The molecule has 0 radical (unpaired) electrons. The van der Waals surface area contributed by atoms with E-state index in [-0.39, 0.29) is 6.61 Å². The Labute approximate surface area is 317 Å². The van der Waals surface area contributed by atoms with E-state index in [1.54, 1.807) is 6.08 Å². The average Bonchev–Trinajstić information content (AvgIpc) is 3.17. The Bertz CT molecular complexity index is 1030. The first-order chi connectivity index (χ1) is 25.9. The highest BCUT2D eigenvalue weighted by Gasteiger charge is 2.53. The minimum Gasteiger partial charge on any atom is -0.394 e. The summed E-state index contributed by atoms with van der Waals surface area (Å²) in [5.74, 6) is 0. The number of rotatable bonds is 24. The van der Waals surface area contributed by atoms with Crippen molar-refractivity contribution < 1.29 is 84.6 Å². The number of unbranched alkanes of at least 4 members (excludes halogenated alkanes) is 11. The van der Waals surface area contributed by atoms with Crippen LogP contribution in [-0.2, 0) is 28.4 Å². The molecule has 0 spiro atoms. The Morgan fingerprint density at radius 2 is 0.981 bits per heavy atom. The van der Waals surface area contributed by atoms with Gasteiger partial charge < -0.3 is 90.3 Å². The predicted molar refractivity (Wildman–Crippen MR) is 189 cm³/mol. The number of hydrogen-bond donors (Lipinski definition) is 12. The highest BCUT2D eigenvalue weighted by Crippen LogP contribution is 2.32. The topological polar surface area (TPSA) is 304 Å². The van der Waals surface area contributed by atoms with Gasteiger partial charge in [-0.05, 0) is 12.8 Å². The Balaban J connectivity index is 1.44. The molecule has 54 heavy (non-hydrogen) atoms. The van der Waals surface area contributed by atoms with E-state index in [0.29, 0.717) is 0 Å². The van der Waals surface area contributed by atoms with E-state index in [1.807, 2.05) is 6.08 Å². The Hall–Kier alpha value is -0.980. The lowest BCUT2D eigenvalue weighted by molar-refractivity contribution is -0.379. The van der Waals surface area contributed by atoms with Crippen LogP contribution >= 0.6 is 0 Å². The lowest BCUT2D eigenvalue weighted by atomic mass is 9.96. The first-order valence-corrected chi connectivity index (χ1v) is 19.5. The molecule has 0 saturated carbocycles. The van der Waals surface area contributed by atoms with Gasteiger partial charge in [0.25, 0.3) is 0 Å². The van der Waals surface area contributed by atoms with Crippen molar-refractivity contribution in [1.82, 2.24) is 0 Å². The van der Waals surface area contributed by atoms with Gasteiger partial charge in [-0.2, -0.15) is 0 Å². The lowest BCUT2D eigenvalue weighted by Crippen LogP contribution is -2.66. The SMILES string of the molecule is CCCCCCCCCCCCC/C=C/[C@H](O)[C@H](N)CO[C@H]1O[C@@H](CO)[C@H](O[C@@H]2O[C@H](CO)[C@@H](O[C@@H]3O[C@H](CO)[C@H](O)[C@@H](O)[C@@H]3O)[C@H](O)[C@@H]2O)[C@@H](O)[C@@H]1O. The third kappa shape index (κ3) is 13.6. The summed E-state index contributed by atoms with van der Waals surface area (Å²) in [4.78, 5) is 0. The van der Waals surface area contributed by atoms with Crippen molar-refractivity contribution in [3.63, 3.8) is 0 Å². The fourth-order valence-corrected chi connectivity index (χ4v) is 6.79. The van der Waals surface area contributed by atoms with Gasteiger partial charge in [0.1, 0.15) is 73.2 Å². The Morgan fingerprint density at radius 3 is 1.48 bits per heavy atom. The minimum atomic E-state index is -1.94. The molecule has 3 aliphatic heterocycles. The van der Waals surface area contributed by atoms with Gasteiger partial charge in [-0.25, -0.2) is 0 Å². The Morgan fingerprint density at radius 1 is 0.556 bits per heavy atom. The molecule has 0 aliphatic carbocycles. The molecule has 3 heterocycles. The number of allylic oxidation sites excluding steroid dienone is 1. The normalized spacial score (nSPS) is 38.9. The van der Waals surface area contributed by atoms with Crippen LogP contribution in [0.3, 0.4) is 0 Å². The summed E-state index contributed by atoms with van der Waals surface area (Å²) in [5.41, 5.74) is 6.08. The molecule has 3 rings (SSSR count). The van der Waals surface area contributed by atoms with Crippen LogP contribution in [-0.4, -0.2) is 187 Å². The summed E-state index contributed by atoms with van der Waals surface area (Å²) in [7, 11) is 0.